The molecule has 0 aliphatic carbocycles. The first-order valence-corrected chi connectivity index (χ1v) is 7.12. The summed E-state index contributed by atoms with van der Waals surface area (Å²) in [4.78, 5) is 14.8. The van der Waals surface area contributed by atoms with Crippen molar-refractivity contribution in [1.82, 2.24) is 4.90 Å². The van der Waals surface area contributed by atoms with Crippen LogP contribution in [0.25, 0.3) is 0 Å². The molecule has 1 saturated heterocycles. The third kappa shape index (κ3) is 3.71. The van der Waals surface area contributed by atoms with Crippen molar-refractivity contribution >= 4 is 17.4 Å². The fraction of sp³-hybridized carbons (Fsp3) is 0.615. The number of hydrogen-bond acceptors (Lipinski definition) is 4. The molecular formula is C13H19NO3S. The molecule has 1 aromatic rings. The Hall–Kier alpha value is -1.07. The number of morpholine rings is 1. The second-order valence-electron chi connectivity index (χ2n) is 4.61. The lowest BCUT2D eigenvalue weighted by atomic mass is 10.2. The second-order valence-corrected chi connectivity index (χ2v) is 5.64. The Balaban J connectivity index is 1.74. The SMILES string of the molecule is C[C@@H]1CN(C(=O)OCCc2cccs2)C[C@H](C)O1. The molecule has 1 amide bonds. The van der Waals surface area contributed by atoms with Gasteiger partial charge in [-0.3, -0.25) is 0 Å². The minimum atomic E-state index is -0.228. The van der Waals surface area contributed by atoms with Gasteiger partial charge in [0.25, 0.3) is 0 Å². The van der Waals surface area contributed by atoms with Gasteiger partial charge in [0.05, 0.1) is 31.9 Å². The number of ether oxygens (including phenoxy) is 2. The van der Waals surface area contributed by atoms with E-state index in [0.717, 1.165) is 6.42 Å². The molecule has 1 fully saturated rings. The fourth-order valence-electron chi connectivity index (χ4n) is 2.11. The van der Waals surface area contributed by atoms with Gasteiger partial charge in [0.1, 0.15) is 0 Å². The lowest BCUT2D eigenvalue weighted by Gasteiger charge is -2.34. The van der Waals surface area contributed by atoms with Crippen molar-refractivity contribution in [1.29, 1.82) is 0 Å². The lowest BCUT2D eigenvalue weighted by molar-refractivity contribution is -0.0636. The van der Waals surface area contributed by atoms with Crippen LogP contribution >= 0.6 is 11.3 Å². The van der Waals surface area contributed by atoms with Crippen LogP contribution in [0.4, 0.5) is 4.79 Å². The zero-order valence-corrected chi connectivity index (χ0v) is 11.6. The highest BCUT2D eigenvalue weighted by Crippen LogP contribution is 2.13. The van der Waals surface area contributed by atoms with Crippen LogP contribution in [0, 0.1) is 0 Å². The van der Waals surface area contributed by atoms with Gasteiger partial charge in [-0.05, 0) is 25.3 Å². The largest absolute Gasteiger partial charge is 0.449 e. The summed E-state index contributed by atoms with van der Waals surface area (Å²) in [6.45, 7) is 5.62. The molecule has 2 atom stereocenters. The van der Waals surface area contributed by atoms with E-state index in [9.17, 15) is 4.79 Å². The molecule has 0 bridgehead atoms. The maximum Gasteiger partial charge on any atom is 0.409 e. The molecule has 1 aliphatic heterocycles. The van der Waals surface area contributed by atoms with E-state index in [1.54, 1.807) is 16.2 Å². The summed E-state index contributed by atoms with van der Waals surface area (Å²) in [5, 5.41) is 2.03. The van der Waals surface area contributed by atoms with E-state index in [2.05, 4.69) is 6.07 Å². The summed E-state index contributed by atoms with van der Waals surface area (Å²) in [6, 6.07) is 4.06. The number of thiophene rings is 1. The third-order valence-electron chi connectivity index (χ3n) is 2.83. The second kappa shape index (κ2) is 6.20. The molecule has 18 heavy (non-hydrogen) atoms. The van der Waals surface area contributed by atoms with Crippen LogP contribution in [0.3, 0.4) is 0 Å². The van der Waals surface area contributed by atoms with E-state index in [4.69, 9.17) is 9.47 Å². The topological polar surface area (TPSA) is 38.8 Å². The molecule has 1 aliphatic rings. The number of carbonyl (C=O) groups is 1. The predicted octanol–water partition coefficient (Wildman–Crippen LogP) is 2.54. The number of rotatable bonds is 3. The summed E-state index contributed by atoms with van der Waals surface area (Å²) in [6.07, 6.45) is 0.726. The van der Waals surface area contributed by atoms with Crippen molar-refractivity contribution in [3.8, 4) is 0 Å². The first-order chi connectivity index (χ1) is 8.65. The van der Waals surface area contributed by atoms with E-state index in [0.29, 0.717) is 19.7 Å². The molecular weight excluding hydrogens is 250 g/mol. The van der Waals surface area contributed by atoms with Gasteiger partial charge in [-0.15, -0.1) is 11.3 Å². The van der Waals surface area contributed by atoms with E-state index in [-0.39, 0.29) is 18.3 Å². The first-order valence-electron chi connectivity index (χ1n) is 6.24. The summed E-state index contributed by atoms with van der Waals surface area (Å²) < 4.78 is 10.9. The molecule has 100 valence electrons. The van der Waals surface area contributed by atoms with Crippen LogP contribution in [0.5, 0.6) is 0 Å². The molecule has 0 N–H and O–H groups in total. The van der Waals surface area contributed by atoms with Gasteiger partial charge >= 0.3 is 6.09 Å². The third-order valence-corrected chi connectivity index (χ3v) is 3.77. The van der Waals surface area contributed by atoms with Crippen LogP contribution < -0.4 is 0 Å². The van der Waals surface area contributed by atoms with E-state index < -0.39 is 0 Å². The Labute approximate surface area is 111 Å². The number of amides is 1. The van der Waals surface area contributed by atoms with Crippen molar-refractivity contribution in [2.75, 3.05) is 19.7 Å². The van der Waals surface area contributed by atoms with Crippen LogP contribution in [0.1, 0.15) is 18.7 Å². The van der Waals surface area contributed by atoms with Gasteiger partial charge in [0, 0.05) is 11.3 Å². The number of nitrogens with zero attached hydrogens (tertiary/aromatic N) is 1. The van der Waals surface area contributed by atoms with Crippen molar-refractivity contribution in [3.05, 3.63) is 22.4 Å². The van der Waals surface area contributed by atoms with Crippen molar-refractivity contribution in [2.45, 2.75) is 32.5 Å². The summed E-state index contributed by atoms with van der Waals surface area (Å²) in [5.41, 5.74) is 0. The molecule has 4 nitrogen and oxygen atoms in total. The molecule has 0 spiro atoms. The molecule has 0 aromatic carbocycles. The van der Waals surface area contributed by atoms with Crippen molar-refractivity contribution < 1.29 is 14.3 Å². The Morgan fingerprint density at radius 2 is 2.22 bits per heavy atom. The molecule has 1 aromatic heterocycles. The molecule has 0 radical (unpaired) electrons. The van der Waals surface area contributed by atoms with Crippen molar-refractivity contribution in [3.63, 3.8) is 0 Å². The minimum Gasteiger partial charge on any atom is -0.449 e. The number of carbonyl (C=O) groups excluding carboxylic acids is 1. The maximum absolute atomic E-state index is 11.9. The Bertz CT molecular complexity index is 370. The summed E-state index contributed by atoms with van der Waals surface area (Å²) in [5.74, 6) is 0. The van der Waals surface area contributed by atoms with E-state index in [1.807, 2.05) is 25.3 Å². The first kappa shape index (κ1) is 13.4. The van der Waals surface area contributed by atoms with E-state index >= 15 is 0 Å². The highest BCUT2D eigenvalue weighted by molar-refractivity contribution is 7.09. The summed E-state index contributed by atoms with van der Waals surface area (Å²) >= 11 is 1.69. The summed E-state index contributed by atoms with van der Waals surface area (Å²) in [7, 11) is 0. The minimum absolute atomic E-state index is 0.0820. The van der Waals surface area contributed by atoms with Crippen LogP contribution in [0.15, 0.2) is 17.5 Å². The Kier molecular flexibility index (Phi) is 4.60. The predicted molar refractivity (Wildman–Crippen MR) is 71.0 cm³/mol. The average Bonchev–Trinajstić information content (AvgIpc) is 2.80. The van der Waals surface area contributed by atoms with Gasteiger partial charge in [-0.1, -0.05) is 6.07 Å². The van der Waals surface area contributed by atoms with Crippen LogP contribution in [-0.2, 0) is 15.9 Å². The van der Waals surface area contributed by atoms with Gasteiger partial charge in [-0.25, -0.2) is 4.79 Å². The van der Waals surface area contributed by atoms with E-state index in [1.165, 1.54) is 4.88 Å². The smallest absolute Gasteiger partial charge is 0.409 e. The van der Waals surface area contributed by atoms with Crippen LogP contribution in [-0.4, -0.2) is 42.9 Å². The lowest BCUT2D eigenvalue weighted by Crippen LogP contribution is -2.48. The highest BCUT2D eigenvalue weighted by Gasteiger charge is 2.26. The highest BCUT2D eigenvalue weighted by atomic mass is 32.1. The van der Waals surface area contributed by atoms with Crippen molar-refractivity contribution in [2.24, 2.45) is 0 Å². The van der Waals surface area contributed by atoms with Crippen LogP contribution in [0.2, 0.25) is 0 Å². The van der Waals surface area contributed by atoms with Gasteiger partial charge in [0.2, 0.25) is 0 Å². The fourth-order valence-corrected chi connectivity index (χ4v) is 2.80. The molecule has 5 heteroatoms. The quantitative estimate of drug-likeness (QED) is 0.846. The van der Waals surface area contributed by atoms with Gasteiger partial charge in [-0.2, -0.15) is 0 Å². The Morgan fingerprint density at radius 1 is 1.50 bits per heavy atom. The molecule has 2 rings (SSSR count). The Morgan fingerprint density at radius 3 is 2.83 bits per heavy atom. The monoisotopic (exact) mass is 269 g/mol. The molecule has 0 saturated carbocycles. The zero-order valence-electron chi connectivity index (χ0n) is 10.8. The average molecular weight is 269 g/mol. The maximum atomic E-state index is 11.9. The normalized spacial score (nSPS) is 24.0. The molecule has 2 heterocycles. The standard InChI is InChI=1S/C13H19NO3S/c1-10-8-14(9-11(2)17-10)13(15)16-6-5-12-4-3-7-18-12/h3-4,7,10-11H,5-6,8-9H2,1-2H3/t10-,11+. The van der Waals surface area contributed by atoms with Gasteiger partial charge in [0.15, 0.2) is 0 Å². The van der Waals surface area contributed by atoms with Gasteiger partial charge < -0.3 is 14.4 Å². The number of hydrogen-bond donors (Lipinski definition) is 0. The molecule has 0 unspecified atom stereocenters. The zero-order chi connectivity index (χ0) is 13.0.